The van der Waals surface area contributed by atoms with Gasteiger partial charge in [0.25, 0.3) is 5.91 Å². The summed E-state index contributed by atoms with van der Waals surface area (Å²) in [5, 5.41) is 0. The smallest absolute Gasteiger partial charge is 0.254 e. The van der Waals surface area contributed by atoms with E-state index in [9.17, 15) is 4.79 Å². The summed E-state index contributed by atoms with van der Waals surface area (Å²) < 4.78 is 0.940. The van der Waals surface area contributed by atoms with Crippen molar-refractivity contribution in [2.45, 2.75) is 13.0 Å². The molecule has 0 aliphatic carbocycles. The number of halogens is 1. The summed E-state index contributed by atoms with van der Waals surface area (Å²) in [6, 6.07) is 9.84. The Bertz CT molecular complexity index is 627. The molecular weight excluding hydrogens is 304 g/mol. The zero-order valence-corrected chi connectivity index (χ0v) is 11.9. The molecule has 3 nitrogen and oxygen atoms in total. The second kappa shape index (κ2) is 5.13. The molecular formula is C15H13BrN2O. The van der Waals surface area contributed by atoms with Crippen molar-refractivity contribution in [3.63, 3.8) is 0 Å². The second-order valence-corrected chi connectivity index (χ2v) is 5.56. The number of hydrogen-bond donors (Lipinski definition) is 0. The van der Waals surface area contributed by atoms with E-state index in [-0.39, 0.29) is 5.91 Å². The third kappa shape index (κ3) is 2.54. The molecule has 1 aliphatic heterocycles. The molecule has 0 N–H and O–H groups in total. The molecule has 2 heterocycles. The standard InChI is InChI=1S/C15H13BrN2O/c16-13-7-11(8-17-9-13)10-18-6-5-12-3-1-2-4-14(12)15(18)19/h1-4,7-9H,5-6,10H2. The van der Waals surface area contributed by atoms with E-state index in [4.69, 9.17) is 0 Å². The SMILES string of the molecule is O=C1c2ccccc2CCN1Cc1cncc(Br)c1. The average molecular weight is 317 g/mol. The fourth-order valence-corrected chi connectivity index (χ4v) is 2.80. The predicted molar refractivity (Wildman–Crippen MR) is 76.8 cm³/mol. The summed E-state index contributed by atoms with van der Waals surface area (Å²) >= 11 is 3.40. The van der Waals surface area contributed by atoms with E-state index >= 15 is 0 Å². The van der Waals surface area contributed by atoms with Crippen LogP contribution in [0.15, 0.2) is 47.2 Å². The van der Waals surface area contributed by atoms with Gasteiger partial charge in [-0.25, -0.2) is 0 Å². The molecule has 1 aromatic carbocycles. The van der Waals surface area contributed by atoms with Crippen LogP contribution < -0.4 is 0 Å². The van der Waals surface area contributed by atoms with E-state index in [1.807, 2.05) is 35.2 Å². The number of pyridine rings is 1. The fraction of sp³-hybridized carbons (Fsp3) is 0.200. The third-order valence-corrected chi connectivity index (χ3v) is 3.75. The summed E-state index contributed by atoms with van der Waals surface area (Å²) in [6.07, 6.45) is 4.47. The van der Waals surface area contributed by atoms with Gasteiger partial charge in [-0.05, 0) is 45.6 Å². The number of hydrogen-bond acceptors (Lipinski definition) is 2. The highest BCUT2D eigenvalue weighted by molar-refractivity contribution is 9.10. The lowest BCUT2D eigenvalue weighted by Crippen LogP contribution is -2.36. The van der Waals surface area contributed by atoms with E-state index in [0.717, 1.165) is 34.1 Å². The van der Waals surface area contributed by atoms with Crippen molar-refractivity contribution in [1.29, 1.82) is 0 Å². The maximum absolute atomic E-state index is 12.4. The number of fused-ring (bicyclic) bond motifs is 1. The van der Waals surface area contributed by atoms with Gasteiger partial charge in [-0.1, -0.05) is 18.2 Å². The zero-order valence-electron chi connectivity index (χ0n) is 10.3. The predicted octanol–water partition coefficient (Wildman–Crippen LogP) is 3.04. The van der Waals surface area contributed by atoms with Crippen molar-refractivity contribution in [2.75, 3.05) is 6.54 Å². The summed E-state index contributed by atoms with van der Waals surface area (Å²) in [5.41, 5.74) is 3.02. The van der Waals surface area contributed by atoms with Crippen molar-refractivity contribution in [3.05, 3.63) is 63.9 Å². The number of carbonyl (C=O) groups is 1. The normalized spacial score (nSPS) is 14.4. The van der Waals surface area contributed by atoms with Crippen LogP contribution >= 0.6 is 15.9 Å². The fourth-order valence-electron chi connectivity index (χ4n) is 2.39. The third-order valence-electron chi connectivity index (χ3n) is 3.32. The first-order valence-corrected chi connectivity index (χ1v) is 7.00. The molecule has 19 heavy (non-hydrogen) atoms. The Balaban J connectivity index is 1.83. The van der Waals surface area contributed by atoms with Gasteiger partial charge in [-0.15, -0.1) is 0 Å². The lowest BCUT2D eigenvalue weighted by Gasteiger charge is -2.28. The Hall–Kier alpha value is -1.68. The highest BCUT2D eigenvalue weighted by Crippen LogP contribution is 2.20. The number of rotatable bonds is 2. The maximum atomic E-state index is 12.4. The molecule has 2 aromatic rings. The molecule has 3 rings (SSSR count). The minimum Gasteiger partial charge on any atom is -0.334 e. The van der Waals surface area contributed by atoms with E-state index < -0.39 is 0 Å². The van der Waals surface area contributed by atoms with Crippen molar-refractivity contribution < 1.29 is 4.79 Å². The van der Waals surface area contributed by atoms with Crippen molar-refractivity contribution in [3.8, 4) is 0 Å². The van der Waals surface area contributed by atoms with Gasteiger partial charge < -0.3 is 4.90 Å². The first-order valence-electron chi connectivity index (χ1n) is 6.20. The highest BCUT2D eigenvalue weighted by Gasteiger charge is 2.23. The molecule has 0 radical (unpaired) electrons. The largest absolute Gasteiger partial charge is 0.334 e. The topological polar surface area (TPSA) is 33.2 Å². The Morgan fingerprint density at radius 3 is 2.95 bits per heavy atom. The zero-order chi connectivity index (χ0) is 13.2. The number of aromatic nitrogens is 1. The van der Waals surface area contributed by atoms with E-state index in [0.29, 0.717) is 6.54 Å². The van der Waals surface area contributed by atoms with Crippen LogP contribution in [0.3, 0.4) is 0 Å². The molecule has 1 aliphatic rings. The van der Waals surface area contributed by atoms with E-state index in [1.54, 1.807) is 12.4 Å². The quantitative estimate of drug-likeness (QED) is 0.853. The van der Waals surface area contributed by atoms with Crippen molar-refractivity contribution >= 4 is 21.8 Å². The van der Waals surface area contributed by atoms with Gasteiger partial charge >= 0.3 is 0 Å². The van der Waals surface area contributed by atoms with Crippen molar-refractivity contribution in [2.24, 2.45) is 0 Å². The minimum atomic E-state index is 0.113. The highest BCUT2D eigenvalue weighted by atomic mass is 79.9. The van der Waals surface area contributed by atoms with Crippen LogP contribution in [0.1, 0.15) is 21.5 Å². The molecule has 0 unspecified atom stereocenters. The lowest BCUT2D eigenvalue weighted by atomic mass is 9.99. The lowest BCUT2D eigenvalue weighted by molar-refractivity contribution is 0.0727. The Morgan fingerprint density at radius 1 is 1.26 bits per heavy atom. The van der Waals surface area contributed by atoms with Crippen LogP contribution in [0.25, 0.3) is 0 Å². The molecule has 0 bridgehead atoms. The molecule has 1 aromatic heterocycles. The summed E-state index contributed by atoms with van der Waals surface area (Å²) in [7, 11) is 0. The monoisotopic (exact) mass is 316 g/mol. The van der Waals surface area contributed by atoms with Gasteiger partial charge in [0.15, 0.2) is 0 Å². The van der Waals surface area contributed by atoms with Gasteiger partial charge in [0.05, 0.1) is 0 Å². The van der Waals surface area contributed by atoms with E-state index in [1.165, 1.54) is 0 Å². The first-order chi connectivity index (χ1) is 9.24. The van der Waals surface area contributed by atoms with Crippen LogP contribution in [0.2, 0.25) is 0 Å². The number of nitrogens with zero attached hydrogens (tertiary/aromatic N) is 2. The molecule has 1 amide bonds. The van der Waals surface area contributed by atoms with Gasteiger partial charge in [0, 0.05) is 35.5 Å². The van der Waals surface area contributed by atoms with Gasteiger partial charge in [-0.2, -0.15) is 0 Å². The molecule has 96 valence electrons. The van der Waals surface area contributed by atoms with Crippen LogP contribution in [0, 0.1) is 0 Å². The summed E-state index contributed by atoms with van der Waals surface area (Å²) in [4.78, 5) is 18.4. The summed E-state index contributed by atoms with van der Waals surface area (Å²) in [5.74, 6) is 0.113. The second-order valence-electron chi connectivity index (χ2n) is 4.65. The average Bonchev–Trinajstić information content (AvgIpc) is 2.42. The van der Waals surface area contributed by atoms with Crippen LogP contribution in [0.5, 0.6) is 0 Å². The van der Waals surface area contributed by atoms with Crippen LogP contribution in [0.4, 0.5) is 0 Å². The Labute approximate surface area is 120 Å². The maximum Gasteiger partial charge on any atom is 0.254 e. The Kier molecular flexibility index (Phi) is 3.34. The first kappa shape index (κ1) is 12.4. The number of benzene rings is 1. The molecule has 0 saturated carbocycles. The number of carbonyl (C=O) groups excluding carboxylic acids is 1. The van der Waals surface area contributed by atoms with E-state index in [2.05, 4.69) is 20.9 Å². The van der Waals surface area contributed by atoms with Crippen LogP contribution in [-0.4, -0.2) is 22.3 Å². The van der Waals surface area contributed by atoms with Gasteiger partial charge in [0.2, 0.25) is 0 Å². The molecule has 4 heteroatoms. The molecule has 0 atom stereocenters. The van der Waals surface area contributed by atoms with Crippen LogP contribution in [-0.2, 0) is 13.0 Å². The molecule has 0 saturated heterocycles. The minimum absolute atomic E-state index is 0.113. The van der Waals surface area contributed by atoms with Crippen molar-refractivity contribution in [1.82, 2.24) is 9.88 Å². The van der Waals surface area contributed by atoms with Gasteiger partial charge in [-0.3, -0.25) is 9.78 Å². The Morgan fingerprint density at radius 2 is 2.11 bits per heavy atom. The van der Waals surface area contributed by atoms with Gasteiger partial charge in [0.1, 0.15) is 0 Å². The molecule has 0 fully saturated rings. The molecule has 0 spiro atoms. The number of amides is 1. The summed E-state index contributed by atoms with van der Waals surface area (Å²) in [6.45, 7) is 1.38.